The van der Waals surface area contributed by atoms with E-state index in [9.17, 15) is 0 Å². The van der Waals surface area contributed by atoms with E-state index in [2.05, 4.69) is 38.9 Å². The van der Waals surface area contributed by atoms with Crippen LogP contribution in [-0.2, 0) is 6.42 Å². The molecule has 0 N–H and O–H groups in total. The van der Waals surface area contributed by atoms with E-state index in [1.807, 2.05) is 12.3 Å². The summed E-state index contributed by atoms with van der Waals surface area (Å²) in [5.74, 6) is 0. The molecule has 2 aromatic rings. The van der Waals surface area contributed by atoms with E-state index in [0.717, 1.165) is 21.9 Å². The van der Waals surface area contributed by atoms with Crippen LogP contribution in [-0.4, -0.2) is 9.97 Å². The van der Waals surface area contributed by atoms with Gasteiger partial charge in [0.25, 0.3) is 0 Å². The number of pyridine rings is 2. The van der Waals surface area contributed by atoms with Crippen LogP contribution < -0.4 is 0 Å². The minimum absolute atomic E-state index is 0.937. The summed E-state index contributed by atoms with van der Waals surface area (Å²) < 4.78 is 0.969. The van der Waals surface area contributed by atoms with E-state index in [1.54, 1.807) is 6.20 Å². The zero-order chi connectivity index (χ0) is 9.26. The van der Waals surface area contributed by atoms with Crippen molar-refractivity contribution < 1.29 is 0 Å². The Hall–Kier alpha value is -0.960. The third kappa shape index (κ3) is 1.70. The minimum atomic E-state index is 0.937. The number of aryl methyl sites for hydroxylation is 1. The van der Waals surface area contributed by atoms with Crippen LogP contribution in [0.15, 0.2) is 29.0 Å². The quantitative estimate of drug-likeness (QED) is 0.761. The van der Waals surface area contributed by atoms with Gasteiger partial charge in [-0.1, -0.05) is 6.92 Å². The topological polar surface area (TPSA) is 25.8 Å². The molecule has 2 nitrogen and oxygen atoms in total. The fourth-order valence-electron chi connectivity index (χ4n) is 1.21. The fourth-order valence-corrected chi connectivity index (χ4v) is 1.53. The van der Waals surface area contributed by atoms with Crippen LogP contribution in [0.2, 0.25) is 0 Å². The molecule has 0 fully saturated rings. The molecule has 0 saturated heterocycles. The first-order valence-electron chi connectivity index (χ1n) is 4.20. The highest BCUT2D eigenvalue weighted by atomic mass is 79.9. The van der Waals surface area contributed by atoms with Crippen molar-refractivity contribution in [3.8, 4) is 0 Å². The van der Waals surface area contributed by atoms with Crippen LogP contribution in [0.1, 0.15) is 12.5 Å². The van der Waals surface area contributed by atoms with Gasteiger partial charge in [-0.3, -0.25) is 9.97 Å². The molecule has 0 bridgehead atoms. The lowest BCUT2D eigenvalue weighted by atomic mass is 10.2. The zero-order valence-corrected chi connectivity index (χ0v) is 8.87. The van der Waals surface area contributed by atoms with Crippen LogP contribution in [0.5, 0.6) is 0 Å². The van der Waals surface area contributed by atoms with Gasteiger partial charge in [0, 0.05) is 16.9 Å². The second kappa shape index (κ2) is 3.42. The first-order chi connectivity index (χ1) is 6.29. The zero-order valence-electron chi connectivity index (χ0n) is 7.29. The molecule has 0 saturated carbocycles. The van der Waals surface area contributed by atoms with E-state index in [-0.39, 0.29) is 0 Å². The van der Waals surface area contributed by atoms with Crippen molar-refractivity contribution in [2.75, 3.05) is 0 Å². The molecule has 0 aliphatic rings. The number of rotatable bonds is 1. The van der Waals surface area contributed by atoms with Crippen LogP contribution in [0.3, 0.4) is 0 Å². The van der Waals surface area contributed by atoms with Crippen LogP contribution >= 0.6 is 15.9 Å². The van der Waals surface area contributed by atoms with Gasteiger partial charge in [0.05, 0.1) is 11.0 Å². The molecule has 0 radical (unpaired) electrons. The third-order valence-corrected chi connectivity index (χ3v) is 2.40. The van der Waals surface area contributed by atoms with Gasteiger partial charge in [-0.25, -0.2) is 0 Å². The van der Waals surface area contributed by atoms with Crippen molar-refractivity contribution in [1.29, 1.82) is 0 Å². The Kier molecular flexibility index (Phi) is 2.27. The Balaban J connectivity index is 2.66. The Labute approximate surface area is 85.1 Å². The Morgan fingerprint density at radius 1 is 1.15 bits per heavy atom. The molecule has 0 aliphatic carbocycles. The highest BCUT2D eigenvalue weighted by molar-refractivity contribution is 9.10. The number of nitrogens with zero attached hydrogens (tertiary/aromatic N) is 2. The first kappa shape index (κ1) is 8.63. The summed E-state index contributed by atoms with van der Waals surface area (Å²) in [6, 6.07) is 4.05. The predicted octanol–water partition coefficient (Wildman–Crippen LogP) is 2.95. The van der Waals surface area contributed by atoms with E-state index in [0.29, 0.717) is 0 Å². The maximum absolute atomic E-state index is 4.32. The normalized spacial score (nSPS) is 10.6. The number of hydrogen-bond acceptors (Lipinski definition) is 2. The maximum atomic E-state index is 4.32. The monoisotopic (exact) mass is 236 g/mol. The van der Waals surface area contributed by atoms with Crippen molar-refractivity contribution in [2.45, 2.75) is 13.3 Å². The molecule has 66 valence electrons. The second-order valence-electron chi connectivity index (χ2n) is 2.89. The summed E-state index contributed by atoms with van der Waals surface area (Å²) in [7, 11) is 0. The summed E-state index contributed by atoms with van der Waals surface area (Å²) in [5, 5.41) is 0. The Bertz CT molecular complexity index is 440. The van der Waals surface area contributed by atoms with Gasteiger partial charge < -0.3 is 0 Å². The van der Waals surface area contributed by atoms with E-state index in [1.165, 1.54) is 5.56 Å². The summed E-state index contributed by atoms with van der Waals surface area (Å²) in [4.78, 5) is 8.60. The molecule has 0 amide bonds. The van der Waals surface area contributed by atoms with Crippen molar-refractivity contribution >= 4 is 27.0 Å². The average Bonchev–Trinajstić information content (AvgIpc) is 2.17. The highest BCUT2D eigenvalue weighted by Gasteiger charge is 1.98. The molecule has 2 heterocycles. The number of hydrogen-bond donors (Lipinski definition) is 0. The van der Waals surface area contributed by atoms with Crippen molar-refractivity contribution in [1.82, 2.24) is 9.97 Å². The standard InChI is InChI=1S/C10H9BrN2/c1-2-7-3-9-10(12-5-7)4-8(11)6-13-9/h3-6H,2H2,1H3. The predicted molar refractivity (Wildman–Crippen MR) is 56.6 cm³/mol. The van der Waals surface area contributed by atoms with Gasteiger partial charge in [-0.15, -0.1) is 0 Å². The Morgan fingerprint density at radius 2 is 1.85 bits per heavy atom. The lowest BCUT2D eigenvalue weighted by Gasteiger charge is -1.99. The molecular weight excluding hydrogens is 228 g/mol. The average molecular weight is 237 g/mol. The van der Waals surface area contributed by atoms with E-state index >= 15 is 0 Å². The summed E-state index contributed by atoms with van der Waals surface area (Å²) in [6.07, 6.45) is 4.70. The molecule has 0 aromatic carbocycles. The van der Waals surface area contributed by atoms with Crippen molar-refractivity contribution in [2.24, 2.45) is 0 Å². The molecule has 0 spiro atoms. The van der Waals surface area contributed by atoms with E-state index < -0.39 is 0 Å². The maximum Gasteiger partial charge on any atom is 0.0898 e. The second-order valence-corrected chi connectivity index (χ2v) is 3.80. The molecule has 2 aromatic heterocycles. The molecular formula is C10H9BrN2. The molecule has 0 unspecified atom stereocenters. The van der Waals surface area contributed by atoms with Crippen LogP contribution in [0.4, 0.5) is 0 Å². The van der Waals surface area contributed by atoms with Gasteiger partial charge in [-0.05, 0) is 40.0 Å². The SMILES string of the molecule is CCc1cnc2cc(Br)cnc2c1. The third-order valence-electron chi connectivity index (χ3n) is 1.96. The van der Waals surface area contributed by atoms with Gasteiger partial charge >= 0.3 is 0 Å². The van der Waals surface area contributed by atoms with Gasteiger partial charge in [-0.2, -0.15) is 0 Å². The molecule has 0 atom stereocenters. The van der Waals surface area contributed by atoms with Crippen molar-refractivity contribution in [3.05, 3.63) is 34.6 Å². The summed E-state index contributed by atoms with van der Waals surface area (Å²) in [6.45, 7) is 2.11. The summed E-state index contributed by atoms with van der Waals surface area (Å²) in [5.41, 5.74) is 3.12. The number of halogens is 1. The molecule has 13 heavy (non-hydrogen) atoms. The first-order valence-corrected chi connectivity index (χ1v) is 4.99. The van der Waals surface area contributed by atoms with Crippen LogP contribution in [0, 0.1) is 0 Å². The van der Waals surface area contributed by atoms with Crippen LogP contribution in [0.25, 0.3) is 11.0 Å². The smallest absolute Gasteiger partial charge is 0.0898 e. The molecule has 2 rings (SSSR count). The number of aromatic nitrogens is 2. The minimum Gasteiger partial charge on any atom is -0.254 e. The lowest BCUT2D eigenvalue weighted by Crippen LogP contribution is -1.87. The van der Waals surface area contributed by atoms with Gasteiger partial charge in [0.15, 0.2) is 0 Å². The lowest BCUT2D eigenvalue weighted by molar-refractivity contribution is 1.11. The number of fused-ring (bicyclic) bond motifs is 1. The highest BCUT2D eigenvalue weighted by Crippen LogP contribution is 2.16. The van der Waals surface area contributed by atoms with Gasteiger partial charge in [0.1, 0.15) is 0 Å². The van der Waals surface area contributed by atoms with E-state index in [4.69, 9.17) is 0 Å². The fraction of sp³-hybridized carbons (Fsp3) is 0.200. The largest absolute Gasteiger partial charge is 0.254 e. The summed E-state index contributed by atoms with van der Waals surface area (Å²) >= 11 is 3.37. The molecule has 0 aliphatic heterocycles. The van der Waals surface area contributed by atoms with Crippen molar-refractivity contribution in [3.63, 3.8) is 0 Å². The molecule has 3 heteroatoms. The van der Waals surface area contributed by atoms with Gasteiger partial charge in [0.2, 0.25) is 0 Å². The Morgan fingerprint density at radius 3 is 2.62 bits per heavy atom.